The van der Waals surface area contributed by atoms with Crippen LogP contribution in [-0.4, -0.2) is 33.0 Å². The number of ether oxygens (including phenoxy) is 1. The lowest BCUT2D eigenvalue weighted by Gasteiger charge is -2.40. The number of aliphatic hydroxyl groups is 1. The Kier molecular flexibility index (Phi) is 5.04. The molecule has 1 aliphatic rings. The third-order valence-electron chi connectivity index (χ3n) is 5.49. The average molecular weight is 386 g/mol. The van der Waals surface area contributed by atoms with Gasteiger partial charge in [0.1, 0.15) is 0 Å². The summed E-state index contributed by atoms with van der Waals surface area (Å²) >= 11 is 0. The average Bonchev–Trinajstić information content (AvgIpc) is 2.91. The third-order valence-corrected chi connectivity index (χ3v) is 5.49. The van der Waals surface area contributed by atoms with Crippen molar-refractivity contribution in [3.05, 3.63) is 57.0 Å². The fourth-order valence-electron chi connectivity index (χ4n) is 4.11. The molecule has 0 aliphatic heterocycles. The van der Waals surface area contributed by atoms with Crippen molar-refractivity contribution in [1.82, 2.24) is 10.2 Å². The van der Waals surface area contributed by atoms with Crippen molar-refractivity contribution in [2.45, 2.75) is 71.0 Å². The molecule has 1 aromatic carbocycles. The van der Waals surface area contributed by atoms with E-state index in [0.717, 1.165) is 11.1 Å². The Morgan fingerprint density at radius 1 is 1.21 bits per heavy atom. The van der Waals surface area contributed by atoms with Gasteiger partial charge in [-0.2, -0.15) is 0 Å². The van der Waals surface area contributed by atoms with Crippen molar-refractivity contribution in [2.24, 2.45) is 5.92 Å². The van der Waals surface area contributed by atoms with E-state index >= 15 is 0 Å². The van der Waals surface area contributed by atoms with E-state index < -0.39 is 23.4 Å². The summed E-state index contributed by atoms with van der Waals surface area (Å²) in [5.74, 6) is -1.95. The highest BCUT2D eigenvalue weighted by molar-refractivity contribution is 5.77. The number of hydrogen-bond donors (Lipinski definition) is 3. The van der Waals surface area contributed by atoms with E-state index in [4.69, 9.17) is 4.74 Å². The number of fused-ring (bicyclic) bond motifs is 1. The van der Waals surface area contributed by atoms with Crippen LogP contribution < -0.4 is 5.56 Å². The van der Waals surface area contributed by atoms with Crippen molar-refractivity contribution in [2.75, 3.05) is 0 Å². The molecule has 0 saturated carbocycles. The highest BCUT2D eigenvalue weighted by Gasteiger charge is 2.51. The molecule has 6 heteroatoms. The summed E-state index contributed by atoms with van der Waals surface area (Å²) in [7, 11) is 0. The van der Waals surface area contributed by atoms with Crippen LogP contribution in [0.3, 0.4) is 0 Å². The second-order valence-corrected chi connectivity index (χ2v) is 9.32. The van der Waals surface area contributed by atoms with E-state index in [2.05, 4.69) is 31.0 Å². The van der Waals surface area contributed by atoms with Crippen LogP contribution in [0.2, 0.25) is 0 Å². The molecule has 28 heavy (non-hydrogen) atoms. The summed E-state index contributed by atoms with van der Waals surface area (Å²) in [5, 5.41) is 16.6. The molecule has 1 heterocycles. The largest absolute Gasteiger partial charge is 0.463 e. The molecule has 3 N–H and O–H groups in total. The zero-order valence-electron chi connectivity index (χ0n) is 17.4. The second kappa shape index (κ2) is 6.92. The Morgan fingerprint density at radius 2 is 1.82 bits per heavy atom. The number of nitrogens with one attached hydrogen (secondary N) is 2. The van der Waals surface area contributed by atoms with Crippen molar-refractivity contribution in [1.29, 1.82) is 0 Å². The lowest BCUT2D eigenvalue weighted by Crippen LogP contribution is -2.50. The molecule has 0 unspecified atom stereocenters. The number of carbonyl (C=O) groups excluding carboxylic acids is 1. The van der Waals surface area contributed by atoms with Gasteiger partial charge in [-0.25, -0.2) is 0 Å². The minimum Gasteiger partial charge on any atom is -0.463 e. The Bertz CT molecular complexity index is 913. The number of benzene rings is 1. The molecule has 3 atom stereocenters. The van der Waals surface area contributed by atoms with Gasteiger partial charge in [0.05, 0.1) is 17.6 Å². The van der Waals surface area contributed by atoms with E-state index in [1.807, 2.05) is 24.3 Å². The molecule has 0 amide bonds. The van der Waals surface area contributed by atoms with Gasteiger partial charge in [-0.3, -0.25) is 14.7 Å². The summed E-state index contributed by atoms with van der Waals surface area (Å²) < 4.78 is 5.47. The lowest BCUT2D eigenvalue weighted by molar-refractivity contribution is -0.163. The molecule has 0 fully saturated rings. The molecule has 1 aliphatic carbocycles. The molecule has 1 aromatic heterocycles. The fraction of sp³-hybridized carbons (Fsp3) is 0.545. The number of rotatable bonds is 3. The van der Waals surface area contributed by atoms with Crippen LogP contribution >= 0.6 is 0 Å². The maximum absolute atomic E-state index is 13.0. The third kappa shape index (κ3) is 3.65. The molecule has 0 spiro atoms. The maximum atomic E-state index is 13.0. The molecule has 2 aromatic rings. The standard InChI is InChI=1S/C22H30N2O4/c1-12(2)28-20(26)18-16(13-7-9-14(10-8-13)21(3,4)5)17-15(11-22(18,6)27)23-24-19(17)25/h7-10,12,16,18,27H,11H2,1-6H3,(H2,23,24,25)/t16-,18+,22+/m0/s1. The van der Waals surface area contributed by atoms with Gasteiger partial charge in [-0.05, 0) is 37.3 Å². The van der Waals surface area contributed by atoms with Crippen molar-refractivity contribution in [3.63, 3.8) is 0 Å². The number of esters is 1. The summed E-state index contributed by atoms with van der Waals surface area (Å²) in [6.45, 7) is 11.6. The Hall–Kier alpha value is -2.34. The number of aromatic nitrogens is 2. The first-order chi connectivity index (χ1) is 12.9. The smallest absolute Gasteiger partial charge is 0.313 e. The predicted octanol–water partition coefficient (Wildman–Crippen LogP) is 3.01. The van der Waals surface area contributed by atoms with Crippen LogP contribution in [-0.2, 0) is 21.4 Å². The Balaban J connectivity index is 2.15. The highest BCUT2D eigenvalue weighted by Crippen LogP contribution is 2.44. The Labute approximate surface area is 165 Å². The van der Waals surface area contributed by atoms with Gasteiger partial charge in [-0.1, -0.05) is 45.0 Å². The molecule has 6 nitrogen and oxygen atoms in total. The van der Waals surface area contributed by atoms with Gasteiger partial charge in [-0.15, -0.1) is 0 Å². The van der Waals surface area contributed by atoms with E-state index in [1.54, 1.807) is 20.8 Å². The van der Waals surface area contributed by atoms with E-state index in [1.165, 1.54) is 0 Å². The first-order valence-electron chi connectivity index (χ1n) is 9.74. The summed E-state index contributed by atoms with van der Waals surface area (Å²) in [6, 6.07) is 7.92. The van der Waals surface area contributed by atoms with Crippen LogP contribution in [0.1, 0.15) is 69.8 Å². The molecular formula is C22H30N2O4. The van der Waals surface area contributed by atoms with Gasteiger partial charge >= 0.3 is 5.97 Å². The summed E-state index contributed by atoms with van der Waals surface area (Å²) in [5.41, 5.74) is 1.47. The Morgan fingerprint density at radius 3 is 2.36 bits per heavy atom. The monoisotopic (exact) mass is 386 g/mol. The molecule has 0 saturated heterocycles. The van der Waals surface area contributed by atoms with Gasteiger partial charge in [0.15, 0.2) is 0 Å². The van der Waals surface area contributed by atoms with Crippen LogP contribution in [0.15, 0.2) is 29.1 Å². The van der Waals surface area contributed by atoms with Gasteiger partial charge in [0.25, 0.3) is 5.56 Å². The quantitative estimate of drug-likeness (QED) is 0.707. The van der Waals surface area contributed by atoms with Crippen LogP contribution in [0.25, 0.3) is 0 Å². The van der Waals surface area contributed by atoms with Crippen molar-refractivity contribution < 1.29 is 14.6 Å². The maximum Gasteiger partial charge on any atom is 0.313 e. The fourth-order valence-corrected chi connectivity index (χ4v) is 4.11. The number of carbonyl (C=O) groups is 1. The zero-order chi connectivity index (χ0) is 20.9. The van der Waals surface area contributed by atoms with Crippen LogP contribution in [0, 0.1) is 5.92 Å². The zero-order valence-corrected chi connectivity index (χ0v) is 17.4. The predicted molar refractivity (Wildman–Crippen MR) is 107 cm³/mol. The van der Waals surface area contributed by atoms with Gasteiger partial charge < -0.3 is 14.9 Å². The van der Waals surface area contributed by atoms with E-state index in [0.29, 0.717) is 11.3 Å². The molecule has 152 valence electrons. The van der Waals surface area contributed by atoms with Crippen LogP contribution in [0.5, 0.6) is 0 Å². The van der Waals surface area contributed by atoms with Gasteiger partial charge in [0, 0.05) is 23.6 Å². The molecule has 0 radical (unpaired) electrons. The highest BCUT2D eigenvalue weighted by atomic mass is 16.5. The number of aromatic amines is 2. The first kappa shape index (κ1) is 20.4. The topological polar surface area (TPSA) is 95.2 Å². The second-order valence-electron chi connectivity index (χ2n) is 9.32. The van der Waals surface area contributed by atoms with Crippen molar-refractivity contribution >= 4 is 5.97 Å². The first-order valence-corrected chi connectivity index (χ1v) is 9.74. The van der Waals surface area contributed by atoms with Crippen LogP contribution in [0.4, 0.5) is 0 Å². The summed E-state index contributed by atoms with van der Waals surface area (Å²) in [6.07, 6.45) is -0.131. The number of H-pyrrole nitrogens is 2. The molecule has 3 rings (SSSR count). The lowest BCUT2D eigenvalue weighted by atomic mass is 9.66. The van der Waals surface area contributed by atoms with E-state index in [9.17, 15) is 14.7 Å². The summed E-state index contributed by atoms with van der Waals surface area (Å²) in [4.78, 5) is 25.5. The molecular weight excluding hydrogens is 356 g/mol. The molecule has 0 bridgehead atoms. The number of hydrogen-bond acceptors (Lipinski definition) is 4. The van der Waals surface area contributed by atoms with Crippen molar-refractivity contribution in [3.8, 4) is 0 Å². The van der Waals surface area contributed by atoms with Gasteiger partial charge in [0.2, 0.25) is 0 Å². The normalized spacial score (nSPS) is 24.9. The minimum absolute atomic E-state index is 0.0106. The minimum atomic E-state index is -1.35. The van der Waals surface area contributed by atoms with E-state index in [-0.39, 0.29) is 23.5 Å². The SMILES string of the molecule is CC(C)OC(=O)[C@H]1[C@@H](c2ccc(C(C)(C)C)cc2)c2c([nH][nH]c2=O)C[C@@]1(C)O.